The molecule has 3 atom stereocenters. The van der Waals surface area contributed by atoms with Crippen LogP contribution >= 0.6 is 0 Å². The number of fused-ring (bicyclic) bond motifs is 1. The van der Waals surface area contributed by atoms with Gasteiger partial charge in [-0.05, 0) is 80.7 Å². The quantitative estimate of drug-likeness (QED) is 0.473. The zero-order chi connectivity index (χ0) is 28.6. The predicted octanol–water partition coefficient (Wildman–Crippen LogP) is 3.98. The van der Waals surface area contributed by atoms with Crippen molar-refractivity contribution in [2.24, 2.45) is 11.8 Å². The van der Waals surface area contributed by atoms with Crippen molar-refractivity contribution in [3.05, 3.63) is 83.9 Å². The standard InChI is InChI=1S/C32H39N5O3/c1-20(2)16-26-29(38)34-27(24-17-22-8-6-7-9-23(22)18-24)31(40)37(26)28(30(39)35-32(3,4)5)21-10-12-25(13-11-21)36-15-14-33-19-36/h6-15,19-20,24,26-28H,16-18H2,1-5H3,(H,34,38)(H,35,39)/t26-,27-,28-/m1/s1. The molecule has 0 saturated carbocycles. The van der Waals surface area contributed by atoms with Gasteiger partial charge >= 0.3 is 0 Å². The molecule has 2 aromatic carbocycles. The molecule has 0 radical (unpaired) electrons. The van der Waals surface area contributed by atoms with E-state index in [1.165, 1.54) is 11.1 Å². The highest BCUT2D eigenvalue weighted by Crippen LogP contribution is 2.35. The van der Waals surface area contributed by atoms with E-state index in [1.807, 2.05) is 81.8 Å². The Bertz CT molecular complexity index is 1350. The Labute approximate surface area is 236 Å². The van der Waals surface area contributed by atoms with Gasteiger partial charge in [0, 0.05) is 23.6 Å². The lowest BCUT2D eigenvalue weighted by atomic mass is 9.87. The van der Waals surface area contributed by atoms with Gasteiger partial charge in [0.2, 0.25) is 17.7 Å². The number of nitrogens with one attached hydrogen (secondary N) is 2. The van der Waals surface area contributed by atoms with E-state index < -0.39 is 23.7 Å². The number of carbonyl (C=O) groups excluding carboxylic acids is 3. The number of hydrogen-bond acceptors (Lipinski definition) is 4. The first-order valence-electron chi connectivity index (χ1n) is 14.1. The molecule has 3 aromatic rings. The molecule has 2 N–H and O–H groups in total. The highest BCUT2D eigenvalue weighted by atomic mass is 16.2. The smallest absolute Gasteiger partial charge is 0.247 e. The van der Waals surface area contributed by atoms with E-state index in [2.05, 4.69) is 27.8 Å². The van der Waals surface area contributed by atoms with Gasteiger partial charge < -0.3 is 20.1 Å². The van der Waals surface area contributed by atoms with Crippen molar-refractivity contribution >= 4 is 17.7 Å². The Morgan fingerprint density at radius 2 is 1.70 bits per heavy atom. The first kappa shape index (κ1) is 27.6. The van der Waals surface area contributed by atoms with Gasteiger partial charge in [0.1, 0.15) is 18.1 Å². The van der Waals surface area contributed by atoms with E-state index in [0.717, 1.165) is 5.69 Å². The second-order valence-electron chi connectivity index (χ2n) is 12.5. The molecular formula is C32H39N5O3. The van der Waals surface area contributed by atoms with Crippen LogP contribution in [0.5, 0.6) is 0 Å². The van der Waals surface area contributed by atoms with Gasteiger partial charge in [0.25, 0.3) is 0 Å². The van der Waals surface area contributed by atoms with Gasteiger partial charge in [0.15, 0.2) is 0 Å². The number of nitrogens with zero attached hydrogens (tertiary/aromatic N) is 3. The van der Waals surface area contributed by atoms with E-state index in [0.29, 0.717) is 24.8 Å². The number of benzene rings is 2. The zero-order valence-corrected chi connectivity index (χ0v) is 23.9. The fourth-order valence-electron chi connectivity index (χ4n) is 5.99. The molecule has 2 heterocycles. The first-order valence-corrected chi connectivity index (χ1v) is 14.1. The molecule has 1 saturated heterocycles. The first-order chi connectivity index (χ1) is 19.0. The van der Waals surface area contributed by atoms with Crippen LogP contribution in [-0.2, 0) is 27.2 Å². The number of piperazine rings is 1. The molecule has 1 aromatic heterocycles. The number of aromatic nitrogens is 2. The summed E-state index contributed by atoms with van der Waals surface area (Å²) in [5.74, 6) is -0.610. The van der Waals surface area contributed by atoms with Gasteiger partial charge in [-0.15, -0.1) is 0 Å². The second-order valence-corrected chi connectivity index (χ2v) is 12.5. The Morgan fingerprint density at radius 3 is 2.25 bits per heavy atom. The van der Waals surface area contributed by atoms with Gasteiger partial charge in [-0.3, -0.25) is 14.4 Å². The van der Waals surface area contributed by atoms with E-state index in [1.54, 1.807) is 17.4 Å². The number of imidazole rings is 1. The number of amides is 3. The van der Waals surface area contributed by atoms with Crippen molar-refractivity contribution in [3.63, 3.8) is 0 Å². The second kappa shape index (κ2) is 10.9. The fraction of sp³-hybridized carbons (Fsp3) is 0.438. The molecule has 5 rings (SSSR count). The minimum absolute atomic E-state index is 0.0636. The molecule has 210 valence electrons. The lowest BCUT2D eigenvalue weighted by Gasteiger charge is -2.45. The third-order valence-electron chi connectivity index (χ3n) is 7.74. The largest absolute Gasteiger partial charge is 0.349 e. The molecule has 40 heavy (non-hydrogen) atoms. The molecule has 1 fully saturated rings. The summed E-state index contributed by atoms with van der Waals surface area (Å²) in [6.45, 7) is 9.80. The molecular weight excluding hydrogens is 502 g/mol. The van der Waals surface area contributed by atoms with Crippen molar-refractivity contribution < 1.29 is 14.4 Å². The maximum Gasteiger partial charge on any atom is 0.247 e. The summed E-state index contributed by atoms with van der Waals surface area (Å²) < 4.78 is 1.88. The summed E-state index contributed by atoms with van der Waals surface area (Å²) in [7, 11) is 0. The van der Waals surface area contributed by atoms with Crippen molar-refractivity contribution in [2.45, 2.75) is 77.5 Å². The van der Waals surface area contributed by atoms with Crippen molar-refractivity contribution in [3.8, 4) is 5.69 Å². The fourth-order valence-corrected chi connectivity index (χ4v) is 5.99. The van der Waals surface area contributed by atoms with Crippen LogP contribution in [0.1, 0.15) is 63.8 Å². The molecule has 8 nitrogen and oxygen atoms in total. The summed E-state index contributed by atoms with van der Waals surface area (Å²) in [5.41, 5.74) is 3.45. The van der Waals surface area contributed by atoms with E-state index in [-0.39, 0.29) is 29.6 Å². The Balaban J connectivity index is 1.55. The van der Waals surface area contributed by atoms with Crippen LogP contribution in [0.25, 0.3) is 5.69 Å². The summed E-state index contributed by atoms with van der Waals surface area (Å²) in [5, 5.41) is 6.16. The summed E-state index contributed by atoms with van der Waals surface area (Å²) in [6, 6.07) is 13.3. The van der Waals surface area contributed by atoms with Crippen molar-refractivity contribution in [2.75, 3.05) is 0 Å². The van der Waals surface area contributed by atoms with E-state index >= 15 is 0 Å². The average Bonchev–Trinajstić information content (AvgIpc) is 3.57. The zero-order valence-electron chi connectivity index (χ0n) is 23.9. The minimum atomic E-state index is -0.954. The Kier molecular flexibility index (Phi) is 7.53. The lowest BCUT2D eigenvalue weighted by molar-refractivity contribution is -0.158. The summed E-state index contributed by atoms with van der Waals surface area (Å²) in [4.78, 5) is 47.9. The maximum atomic E-state index is 14.5. The van der Waals surface area contributed by atoms with Gasteiger partial charge in [-0.25, -0.2) is 4.98 Å². The molecule has 1 aliphatic carbocycles. The van der Waals surface area contributed by atoms with Crippen LogP contribution < -0.4 is 10.6 Å². The van der Waals surface area contributed by atoms with E-state index in [9.17, 15) is 14.4 Å². The van der Waals surface area contributed by atoms with Crippen LogP contribution in [0, 0.1) is 11.8 Å². The highest BCUT2D eigenvalue weighted by molar-refractivity contribution is 6.00. The topological polar surface area (TPSA) is 96.3 Å². The van der Waals surface area contributed by atoms with Crippen LogP contribution in [0.2, 0.25) is 0 Å². The minimum Gasteiger partial charge on any atom is -0.349 e. The number of rotatable bonds is 7. The number of carbonyl (C=O) groups is 3. The van der Waals surface area contributed by atoms with Gasteiger partial charge in [0.05, 0.1) is 6.33 Å². The summed E-state index contributed by atoms with van der Waals surface area (Å²) >= 11 is 0. The van der Waals surface area contributed by atoms with Crippen LogP contribution in [-0.4, -0.2) is 49.8 Å². The molecule has 0 bridgehead atoms. The van der Waals surface area contributed by atoms with Crippen molar-refractivity contribution in [1.82, 2.24) is 25.1 Å². The lowest BCUT2D eigenvalue weighted by Crippen LogP contribution is -2.67. The third-order valence-corrected chi connectivity index (χ3v) is 7.74. The maximum absolute atomic E-state index is 14.5. The monoisotopic (exact) mass is 541 g/mol. The molecule has 2 aliphatic rings. The van der Waals surface area contributed by atoms with Crippen LogP contribution in [0.3, 0.4) is 0 Å². The predicted molar refractivity (Wildman–Crippen MR) is 154 cm³/mol. The SMILES string of the molecule is CC(C)C[C@@H]1C(=O)N[C@H](C2Cc3ccccc3C2)C(=O)N1[C@@H](C(=O)NC(C)(C)C)c1ccc(-n2ccnc2)cc1. The molecule has 0 unspecified atom stereocenters. The van der Waals surface area contributed by atoms with Gasteiger partial charge in [-0.1, -0.05) is 50.2 Å². The Hall–Kier alpha value is -3.94. The molecule has 0 spiro atoms. The van der Waals surface area contributed by atoms with Crippen molar-refractivity contribution in [1.29, 1.82) is 0 Å². The molecule has 3 amide bonds. The van der Waals surface area contributed by atoms with E-state index in [4.69, 9.17) is 0 Å². The number of hydrogen-bond donors (Lipinski definition) is 2. The Morgan fingerprint density at radius 1 is 1.05 bits per heavy atom. The third kappa shape index (κ3) is 5.67. The van der Waals surface area contributed by atoms with Crippen LogP contribution in [0.4, 0.5) is 0 Å². The normalized spacial score (nSPS) is 20.4. The highest BCUT2D eigenvalue weighted by Gasteiger charge is 2.49. The molecule has 1 aliphatic heterocycles. The average molecular weight is 542 g/mol. The van der Waals surface area contributed by atoms with Crippen LogP contribution in [0.15, 0.2) is 67.3 Å². The summed E-state index contributed by atoms with van der Waals surface area (Å²) in [6.07, 6.45) is 7.15. The molecule has 8 heteroatoms. The van der Waals surface area contributed by atoms with Gasteiger partial charge in [-0.2, -0.15) is 0 Å².